The Hall–Kier alpha value is -2.35. The highest BCUT2D eigenvalue weighted by Crippen LogP contribution is 2.28. The predicted octanol–water partition coefficient (Wildman–Crippen LogP) is 5.53. The molecule has 0 atom stereocenters. The molecule has 1 heterocycles. The lowest BCUT2D eigenvalue weighted by molar-refractivity contribution is -0.119. The van der Waals surface area contributed by atoms with Gasteiger partial charge in [-0.25, -0.2) is 4.68 Å². The fraction of sp³-hybridized carbons (Fsp3) is 0.250. The van der Waals surface area contributed by atoms with Crippen LogP contribution in [0.25, 0.3) is 0 Å². The molecular formula is C20H19Cl2N3O3S. The van der Waals surface area contributed by atoms with Gasteiger partial charge in [0.1, 0.15) is 12.3 Å². The van der Waals surface area contributed by atoms with Gasteiger partial charge in [0.05, 0.1) is 5.02 Å². The molecule has 0 saturated heterocycles. The van der Waals surface area contributed by atoms with E-state index in [2.05, 4.69) is 5.10 Å². The van der Waals surface area contributed by atoms with Gasteiger partial charge >= 0.3 is 0 Å². The summed E-state index contributed by atoms with van der Waals surface area (Å²) in [6.45, 7) is 3.86. The van der Waals surface area contributed by atoms with E-state index in [1.54, 1.807) is 23.1 Å². The zero-order valence-electron chi connectivity index (χ0n) is 15.8. The standard InChI is InChI=1S/C20H19Cl2N3O3S/c1-13(2)25(15-6-4-3-5-7-15)19(26)11-24-20(29)28-18(23-24)12-27-17-9-8-14(21)10-16(17)22/h3-10,13H,11-12H2,1-2H3. The monoisotopic (exact) mass is 451 g/mol. The van der Waals surface area contributed by atoms with Crippen molar-refractivity contribution in [1.29, 1.82) is 0 Å². The van der Waals surface area contributed by atoms with Crippen molar-refractivity contribution < 1.29 is 13.9 Å². The second-order valence-corrected chi connectivity index (χ2v) is 7.67. The molecule has 0 fully saturated rings. The van der Waals surface area contributed by atoms with Crippen molar-refractivity contribution in [2.45, 2.75) is 33.0 Å². The number of ether oxygens (including phenoxy) is 1. The van der Waals surface area contributed by atoms with Gasteiger partial charge in [0.15, 0.2) is 6.61 Å². The van der Waals surface area contributed by atoms with Gasteiger partial charge in [-0.1, -0.05) is 41.4 Å². The van der Waals surface area contributed by atoms with Crippen molar-refractivity contribution in [1.82, 2.24) is 9.78 Å². The fourth-order valence-corrected chi connectivity index (χ4v) is 3.43. The number of rotatable bonds is 7. The maximum Gasteiger partial charge on any atom is 0.287 e. The SMILES string of the molecule is CC(C)N(C(=O)Cn1nc(COc2ccc(Cl)cc2Cl)oc1=S)c1ccccc1. The van der Waals surface area contributed by atoms with Crippen molar-refractivity contribution >= 4 is 47.0 Å². The highest BCUT2D eigenvalue weighted by Gasteiger charge is 2.21. The maximum atomic E-state index is 12.9. The zero-order chi connectivity index (χ0) is 21.0. The van der Waals surface area contributed by atoms with E-state index in [1.165, 1.54) is 4.68 Å². The molecule has 0 spiro atoms. The van der Waals surface area contributed by atoms with E-state index in [9.17, 15) is 4.79 Å². The number of nitrogens with zero attached hydrogens (tertiary/aromatic N) is 3. The molecule has 3 rings (SSSR count). The minimum absolute atomic E-state index is 0.0127. The normalized spacial score (nSPS) is 10.9. The van der Waals surface area contributed by atoms with Crippen LogP contribution >= 0.6 is 35.4 Å². The zero-order valence-corrected chi connectivity index (χ0v) is 18.2. The Kier molecular flexibility index (Phi) is 6.95. The van der Waals surface area contributed by atoms with Gasteiger partial charge in [-0.05, 0) is 56.4 Å². The van der Waals surface area contributed by atoms with Gasteiger partial charge in [0.25, 0.3) is 10.7 Å². The second kappa shape index (κ2) is 9.43. The first-order chi connectivity index (χ1) is 13.8. The van der Waals surface area contributed by atoms with Crippen molar-refractivity contribution in [3.05, 3.63) is 69.3 Å². The van der Waals surface area contributed by atoms with E-state index in [-0.39, 0.29) is 35.8 Å². The molecule has 3 aromatic rings. The number of benzene rings is 2. The molecule has 0 aliphatic carbocycles. The number of anilines is 1. The molecule has 0 N–H and O–H groups in total. The summed E-state index contributed by atoms with van der Waals surface area (Å²) in [4.78, 5) is 14.7. The van der Waals surface area contributed by atoms with Crippen LogP contribution in [0.1, 0.15) is 19.7 Å². The summed E-state index contributed by atoms with van der Waals surface area (Å²) in [5, 5.41) is 5.14. The lowest BCUT2D eigenvalue weighted by Crippen LogP contribution is -2.39. The molecule has 0 aliphatic heterocycles. The van der Waals surface area contributed by atoms with Crippen LogP contribution in [-0.2, 0) is 17.9 Å². The number of halogens is 2. The molecule has 6 nitrogen and oxygen atoms in total. The van der Waals surface area contributed by atoms with Crippen LogP contribution in [-0.4, -0.2) is 21.7 Å². The first-order valence-electron chi connectivity index (χ1n) is 8.87. The van der Waals surface area contributed by atoms with Gasteiger partial charge < -0.3 is 14.1 Å². The van der Waals surface area contributed by atoms with Crippen molar-refractivity contribution in [3.63, 3.8) is 0 Å². The average Bonchev–Trinajstić information content (AvgIpc) is 3.01. The molecule has 0 aliphatic rings. The maximum absolute atomic E-state index is 12.9. The summed E-state index contributed by atoms with van der Waals surface area (Å²) >= 11 is 17.2. The molecule has 29 heavy (non-hydrogen) atoms. The van der Waals surface area contributed by atoms with Gasteiger partial charge in [0.2, 0.25) is 5.91 Å². The number of amides is 1. The van der Waals surface area contributed by atoms with Crippen molar-refractivity contribution in [2.24, 2.45) is 0 Å². The van der Waals surface area contributed by atoms with Gasteiger partial charge in [-0.2, -0.15) is 0 Å². The topological polar surface area (TPSA) is 60.5 Å². The predicted molar refractivity (Wildman–Crippen MR) is 115 cm³/mol. The molecule has 9 heteroatoms. The van der Waals surface area contributed by atoms with Crippen LogP contribution in [0.3, 0.4) is 0 Å². The van der Waals surface area contributed by atoms with Crippen molar-refractivity contribution in [3.8, 4) is 5.75 Å². The van der Waals surface area contributed by atoms with Crippen LogP contribution in [0.5, 0.6) is 5.75 Å². The highest BCUT2D eigenvalue weighted by molar-refractivity contribution is 7.71. The van der Waals surface area contributed by atoms with Gasteiger partial charge in [-0.15, -0.1) is 5.10 Å². The molecular weight excluding hydrogens is 433 g/mol. The molecule has 1 amide bonds. The van der Waals surface area contributed by atoms with E-state index in [1.807, 2.05) is 44.2 Å². The minimum atomic E-state index is -0.149. The number of hydrogen-bond donors (Lipinski definition) is 0. The van der Waals surface area contributed by atoms with Gasteiger partial charge in [-0.3, -0.25) is 4.79 Å². The number of carbonyl (C=O) groups excluding carboxylic acids is 1. The molecule has 0 unspecified atom stereocenters. The number of aromatic nitrogens is 2. The Balaban J connectivity index is 1.71. The van der Waals surface area contributed by atoms with Crippen molar-refractivity contribution in [2.75, 3.05) is 4.90 Å². The Morgan fingerprint density at radius 3 is 2.62 bits per heavy atom. The summed E-state index contributed by atoms with van der Waals surface area (Å²) in [6, 6.07) is 14.3. The minimum Gasteiger partial charge on any atom is -0.482 e. The average molecular weight is 452 g/mol. The Morgan fingerprint density at radius 2 is 1.97 bits per heavy atom. The third kappa shape index (κ3) is 5.38. The van der Waals surface area contributed by atoms with E-state index in [0.717, 1.165) is 5.69 Å². The third-order valence-electron chi connectivity index (χ3n) is 4.00. The van der Waals surface area contributed by atoms with E-state index < -0.39 is 0 Å². The molecule has 0 radical (unpaired) electrons. The van der Waals surface area contributed by atoms with E-state index >= 15 is 0 Å². The van der Waals surface area contributed by atoms with Gasteiger partial charge in [0, 0.05) is 16.8 Å². The first-order valence-corrected chi connectivity index (χ1v) is 10.0. The third-order valence-corrected chi connectivity index (χ3v) is 4.82. The molecule has 0 saturated carbocycles. The number of carbonyl (C=O) groups is 1. The van der Waals surface area contributed by atoms with Crippen LogP contribution in [0.15, 0.2) is 52.9 Å². The summed E-state index contributed by atoms with van der Waals surface area (Å²) < 4.78 is 12.4. The Labute approximate surface area is 183 Å². The Morgan fingerprint density at radius 1 is 1.24 bits per heavy atom. The lowest BCUT2D eigenvalue weighted by Gasteiger charge is -2.26. The van der Waals surface area contributed by atoms with Crippen LogP contribution in [0.2, 0.25) is 10.0 Å². The molecule has 1 aromatic heterocycles. The van der Waals surface area contributed by atoms with Crippen LogP contribution in [0, 0.1) is 4.84 Å². The highest BCUT2D eigenvalue weighted by atomic mass is 35.5. The lowest BCUT2D eigenvalue weighted by atomic mass is 10.2. The summed E-state index contributed by atoms with van der Waals surface area (Å²) in [7, 11) is 0. The van der Waals surface area contributed by atoms with E-state index in [4.69, 9.17) is 44.6 Å². The van der Waals surface area contributed by atoms with E-state index in [0.29, 0.717) is 15.8 Å². The number of para-hydroxylation sites is 1. The molecule has 0 bridgehead atoms. The first kappa shape index (κ1) is 21.4. The number of hydrogen-bond acceptors (Lipinski definition) is 5. The van der Waals surface area contributed by atoms with Crippen LogP contribution < -0.4 is 9.64 Å². The largest absolute Gasteiger partial charge is 0.482 e. The smallest absolute Gasteiger partial charge is 0.287 e. The fourth-order valence-electron chi connectivity index (χ4n) is 2.76. The molecule has 2 aromatic carbocycles. The quantitative estimate of drug-likeness (QED) is 0.441. The summed E-state index contributed by atoms with van der Waals surface area (Å²) in [5.74, 6) is 0.534. The Bertz CT molecular complexity index is 1050. The summed E-state index contributed by atoms with van der Waals surface area (Å²) in [6.07, 6.45) is 0. The summed E-state index contributed by atoms with van der Waals surface area (Å²) in [5.41, 5.74) is 0.809. The molecule has 152 valence electrons. The second-order valence-electron chi connectivity index (χ2n) is 6.48. The van der Waals surface area contributed by atoms with Crippen LogP contribution in [0.4, 0.5) is 5.69 Å².